The minimum absolute atomic E-state index is 0.124. The van der Waals surface area contributed by atoms with Gasteiger partial charge in [0.15, 0.2) is 5.60 Å². The number of nitrogens with one attached hydrogen (secondary N) is 1. The predicted octanol–water partition coefficient (Wildman–Crippen LogP) is 5.28. The molecule has 1 N–H and O–H groups in total. The van der Waals surface area contributed by atoms with Crippen molar-refractivity contribution in [3.05, 3.63) is 24.0 Å². The maximum absolute atomic E-state index is 13.4. The summed E-state index contributed by atoms with van der Waals surface area (Å²) in [6.07, 6.45) is 5.76. The monoisotopic (exact) mass is 522 g/mol. The molecular formula is C27H42N2O6S. The smallest absolute Gasteiger partial charge is 0.408 e. The number of rotatable bonds is 9. The van der Waals surface area contributed by atoms with Crippen LogP contribution in [-0.4, -0.2) is 57.7 Å². The zero-order valence-electron chi connectivity index (χ0n) is 22.7. The standard InChI is InChI=1S/C27H42N2O6S/c1-8-36-17-22(29-24(31)34-25(3,4)5)27(23(30)33-26(6,7)35-27)16-19-15-21(13-14-28-19)32-20-11-9-18(2)10-12-20/h13-15,18,20,22H,8-12,16-17H2,1-7H3,(H,29,31)/t18-,20-,22-,27+/m0/s1. The summed E-state index contributed by atoms with van der Waals surface area (Å²) in [5.74, 6) is 1.04. The summed E-state index contributed by atoms with van der Waals surface area (Å²) in [6.45, 7) is 13.1. The molecular weight excluding hydrogens is 480 g/mol. The van der Waals surface area contributed by atoms with Crippen molar-refractivity contribution in [1.29, 1.82) is 0 Å². The number of alkyl carbamates (subject to hydrolysis) is 1. The lowest BCUT2D eigenvalue weighted by Crippen LogP contribution is -2.60. The van der Waals surface area contributed by atoms with Crippen molar-refractivity contribution in [2.24, 2.45) is 5.92 Å². The number of hydrogen-bond donors (Lipinski definition) is 1. The third-order valence-electron chi connectivity index (χ3n) is 6.35. The van der Waals surface area contributed by atoms with Gasteiger partial charge < -0.3 is 24.3 Å². The molecule has 202 valence electrons. The predicted molar refractivity (Wildman–Crippen MR) is 140 cm³/mol. The van der Waals surface area contributed by atoms with Gasteiger partial charge in [-0.05, 0) is 64.2 Å². The van der Waals surface area contributed by atoms with E-state index in [1.54, 1.807) is 52.6 Å². The Morgan fingerprint density at radius 3 is 2.56 bits per heavy atom. The molecule has 0 bridgehead atoms. The number of thioether (sulfide) groups is 1. The average Bonchev–Trinajstić information content (AvgIpc) is 3.00. The van der Waals surface area contributed by atoms with Gasteiger partial charge in [-0.25, -0.2) is 9.59 Å². The van der Waals surface area contributed by atoms with E-state index in [1.165, 1.54) is 0 Å². The molecule has 1 saturated carbocycles. The molecule has 1 amide bonds. The molecule has 0 radical (unpaired) electrons. The molecule has 1 aliphatic heterocycles. The summed E-state index contributed by atoms with van der Waals surface area (Å²) in [6, 6.07) is 3.01. The number of aromatic nitrogens is 1. The lowest BCUT2D eigenvalue weighted by atomic mass is 9.88. The summed E-state index contributed by atoms with van der Waals surface area (Å²) in [5.41, 5.74) is -1.52. The number of carbonyl (C=O) groups is 2. The first-order valence-corrected chi connectivity index (χ1v) is 14.1. The van der Waals surface area contributed by atoms with Crippen LogP contribution in [0.2, 0.25) is 0 Å². The van der Waals surface area contributed by atoms with Crippen LogP contribution >= 0.6 is 11.8 Å². The number of pyridine rings is 1. The second kappa shape index (κ2) is 11.6. The maximum atomic E-state index is 13.4. The topological polar surface area (TPSA) is 96.0 Å². The van der Waals surface area contributed by atoms with E-state index < -0.39 is 35.1 Å². The van der Waals surface area contributed by atoms with Crippen LogP contribution in [0.3, 0.4) is 0 Å². The van der Waals surface area contributed by atoms with E-state index in [9.17, 15) is 9.59 Å². The first-order valence-electron chi connectivity index (χ1n) is 12.9. The normalized spacial score (nSPS) is 26.7. The SMILES string of the molecule is CCSC[C@H](NC(=O)OC(C)(C)C)[C@@]1(Cc2cc(O[C@H]3CC[C@H](C)CC3)ccn2)OC(C)(C)OC1=O. The number of ether oxygens (including phenoxy) is 4. The van der Waals surface area contributed by atoms with Gasteiger partial charge in [-0.3, -0.25) is 4.98 Å². The average molecular weight is 523 g/mol. The molecule has 0 aromatic carbocycles. The summed E-state index contributed by atoms with van der Waals surface area (Å²) < 4.78 is 23.7. The van der Waals surface area contributed by atoms with Crippen molar-refractivity contribution >= 4 is 23.8 Å². The van der Waals surface area contributed by atoms with Crippen LogP contribution < -0.4 is 10.1 Å². The van der Waals surface area contributed by atoms with Crippen LogP contribution in [-0.2, 0) is 25.4 Å². The largest absolute Gasteiger partial charge is 0.490 e. The Labute approximate surface area is 219 Å². The minimum Gasteiger partial charge on any atom is -0.490 e. The minimum atomic E-state index is -1.46. The van der Waals surface area contributed by atoms with Crippen molar-refractivity contribution in [2.75, 3.05) is 11.5 Å². The first-order chi connectivity index (χ1) is 16.8. The van der Waals surface area contributed by atoms with Crippen LogP contribution in [0.5, 0.6) is 5.75 Å². The lowest BCUT2D eigenvalue weighted by Gasteiger charge is -2.35. The molecule has 2 atom stereocenters. The van der Waals surface area contributed by atoms with Gasteiger partial charge in [0, 0.05) is 44.0 Å². The molecule has 3 rings (SSSR count). The highest BCUT2D eigenvalue weighted by molar-refractivity contribution is 7.99. The summed E-state index contributed by atoms with van der Waals surface area (Å²) >= 11 is 1.60. The maximum Gasteiger partial charge on any atom is 0.408 e. The quantitative estimate of drug-likeness (QED) is 0.438. The third-order valence-corrected chi connectivity index (χ3v) is 7.33. The molecule has 0 spiro atoms. The van der Waals surface area contributed by atoms with Gasteiger partial charge >= 0.3 is 12.1 Å². The fourth-order valence-corrected chi connectivity index (χ4v) is 5.49. The van der Waals surface area contributed by atoms with Crippen molar-refractivity contribution in [3.8, 4) is 5.75 Å². The van der Waals surface area contributed by atoms with E-state index in [2.05, 4.69) is 17.2 Å². The molecule has 0 unspecified atom stereocenters. The van der Waals surface area contributed by atoms with Crippen molar-refractivity contribution in [1.82, 2.24) is 10.3 Å². The van der Waals surface area contributed by atoms with E-state index in [0.717, 1.165) is 43.1 Å². The van der Waals surface area contributed by atoms with Gasteiger partial charge in [0.05, 0.1) is 12.1 Å². The molecule has 2 fully saturated rings. The van der Waals surface area contributed by atoms with Crippen LogP contribution in [0.15, 0.2) is 18.3 Å². The first kappa shape index (κ1) is 28.6. The highest BCUT2D eigenvalue weighted by Crippen LogP contribution is 2.39. The Hall–Kier alpha value is -2.00. The Bertz CT molecular complexity index is 910. The fourth-order valence-electron chi connectivity index (χ4n) is 4.67. The molecule has 1 aromatic heterocycles. The molecule has 8 nitrogen and oxygen atoms in total. The van der Waals surface area contributed by atoms with Gasteiger partial charge in [-0.15, -0.1) is 0 Å². The van der Waals surface area contributed by atoms with Crippen LogP contribution in [0.1, 0.15) is 79.8 Å². The summed E-state index contributed by atoms with van der Waals surface area (Å²) in [7, 11) is 0. The van der Waals surface area contributed by atoms with E-state index in [4.69, 9.17) is 18.9 Å². The van der Waals surface area contributed by atoms with Crippen molar-refractivity contribution in [2.45, 2.75) is 110 Å². The number of amides is 1. The zero-order valence-corrected chi connectivity index (χ0v) is 23.5. The Balaban J connectivity index is 1.87. The third kappa shape index (κ3) is 7.75. The number of nitrogens with zero attached hydrogens (tertiary/aromatic N) is 1. The highest BCUT2D eigenvalue weighted by Gasteiger charge is 2.59. The lowest BCUT2D eigenvalue weighted by molar-refractivity contribution is -0.169. The second-order valence-corrected chi connectivity index (χ2v) is 12.6. The molecule has 1 aliphatic carbocycles. The molecule has 2 aliphatic rings. The Morgan fingerprint density at radius 2 is 1.97 bits per heavy atom. The van der Waals surface area contributed by atoms with Crippen molar-refractivity contribution < 1.29 is 28.5 Å². The van der Waals surface area contributed by atoms with Gasteiger partial charge in [0.25, 0.3) is 0 Å². The molecule has 9 heteroatoms. The number of esters is 1. The molecule has 36 heavy (non-hydrogen) atoms. The van der Waals surface area contributed by atoms with E-state index in [1.807, 2.05) is 19.1 Å². The van der Waals surface area contributed by atoms with Crippen LogP contribution in [0.25, 0.3) is 0 Å². The van der Waals surface area contributed by atoms with E-state index in [-0.39, 0.29) is 12.5 Å². The molecule has 1 saturated heterocycles. The number of cyclic esters (lactones) is 1. The van der Waals surface area contributed by atoms with Crippen molar-refractivity contribution in [3.63, 3.8) is 0 Å². The van der Waals surface area contributed by atoms with Gasteiger partial charge in [0.2, 0.25) is 5.79 Å². The van der Waals surface area contributed by atoms with Gasteiger partial charge in [-0.1, -0.05) is 13.8 Å². The van der Waals surface area contributed by atoms with E-state index in [0.29, 0.717) is 11.4 Å². The Kier molecular flexibility index (Phi) is 9.20. The van der Waals surface area contributed by atoms with E-state index >= 15 is 0 Å². The van der Waals surface area contributed by atoms with Gasteiger partial charge in [-0.2, -0.15) is 11.8 Å². The number of carbonyl (C=O) groups excluding carboxylic acids is 2. The van der Waals surface area contributed by atoms with Gasteiger partial charge in [0.1, 0.15) is 11.4 Å². The van der Waals surface area contributed by atoms with Crippen LogP contribution in [0.4, 0.5) is 4.79 Å². The zero-order chi connectivity index (χ0) is 26.6. The molecule has 1 aromatic rings. The highest BCUT2D eigenvalue weighted by atomic mass is 32.2. The van der Waals surface area contributed by atoms with Crippen LogP contribution in [0, 0.1) is 5.92 Å². The fraction of sp³-hybridized carbons (Fsp3) is 0.741. The Morgan fingerprint density at radius 1 is 1.28 bits per heavy atom. The summed E-state index contributed by atoms with van der Waals surface area (Å²) in [4.78, 5) is 30.7. The number of hydrogen-bond acceptors (Lipinski definition) is 8. The second-order valence-electron chi connectivity index (χ2n) is 11.3. The molecule has 2 heterocycles. The summed E-state index contributed by atoms with van der Waals surface area (Å²) in [5, 5.41) is 2.90.